The zero-order valence-electron chi connectivity index (χ0n) is 11.0. The number of rotatable bonds is 7. The maximum atomic E-state index is 5.18. The first-order valence-electron chi connectivity index (χ1n) is 6.38. The number of imidazole rings is 1. The summed E-state index contributed by atoms with van der Waals surface area (Å²) in [5.74, 6) is 0. The first-order chi connectivity index (χ1) is 7.85. The smallest absolute Gasteiger partial charge is 0.0945 e. The number of nitrogens with zero attached hydrogens (tertiary/aromatic N) is 2. The lowest BCUT2D eigenvalue weighted by molar-refractivity contribution is 0.143. The van der Waals surface area contributed by atoms with Gasteiger partial charge in [-0.15, -0.1) is 0 Å². The third-order valence-corrected chi connectivity index (χ3v) is 2.27. The van der Waals surface area contributed by atoms with Crippen molar-refractivity contribution in [3.63, 3.8) is 0 Å². The van der Waals surface area contributed by atoms with Gasteiger partial charge in [-0.05, 0) is 20.3 Å². The lowest BCUT2D eigenvalue weighted by atomic mass is 10.2. The highest BCUT2D eigenvalue weighted by Gasteiger charge is 1.85. The molecule has 1 heterocycles. The summed E-state index contributed by atoms with van der Waals surface area (Å²) in [6.07, 6.45) is 10.8. The summed E-state index contributed by atoms with van der Waals surface area (Å²) >= 11 is 0. The Morgan fingerprint density at radius 1 is 1.12 bits per heavy atom. The van der Waals surface area contributed by atoms with Crippen molar-refractivity contribution in [2.75, 3.05) is 13.2 Å². The van der Waals surface area contributed by atoms with Gasteiger partial charge in [0.05, 0.1) is 6.33 Å². The van der Waals surface area contributed by atoms with Crippen molar-refractivity contribution in [1.82, 2.24) is 9.55 Å². The Morgan fingerprint density at radius 2 is 1.94 bits per heavy atom. The average molecular weight is 226 g/mol. The number of ether oxygens (including phenoxy) is 1. The van der Waals surface area contributed by atoms with Crippen molar-refractivity contribution in [2.45, 2.75) is 53.0 Å². The predicted octanol–water partition coefficient (Wildman–Crippen LogP) is 3.51. The van der Waals surface area contributed by atoms with E-state index in [1.807, 2.05) is 17.7 Å². The fraction of sp³-hybridized carbons (Fsp3) is 0.769. The van der Waals surface area contributed by atoms with Crippen LogP contribution in [0.2, 0.25) is 0 Å². The van der Waals surface area contributed by atoms with Gasteiger partial charge in [0.1, 0.15) is 0 Å². The molecule has 0 unspecified atom stereocenters. The quantitative estimate of drug-likeness (QED) is 0.665. The number of aromatic nitrogens is 2. The minimum atomic E-state index is 0.867. The Kier molecular flexibility index (Phi) is 11.6. The monoisotopic (exact) mass is 226 g/mol. The van der Waals surface area contributed by atoms with E-state index < -0.39 is 0 Å². The van der Waals surface area contributed by atoms with Gasteiger partial charge >= 0.3 is 0 Å². The van der Waals surface area contributed by atoms with E-state index in [-0.39, 0.29) is 0 Å². The fourth-order valence-electron chi connectivity index (χ4n) is 1.25. The summed E-state index contributed by atoms with van der Waals surface area (Å²) < 4.78 is 7.19. The highest BCUT2D eigenvalue weighted by atomic mass is 16.5. The van der Waals surface area contributed by atoms with Crippen LogP contribution < -0.4 is 0 Å². The van der Waals surface area contributed by atoms with Gasteiger partial charge in [0, 0.05) is 32.2 Å². The van der Waals surface area contributed by atoms with Crippen molar-refractivity contribution in [3.05, 3.63) is 18.7 Å². The number of aryl methyl sites for hydroxylation is 1. The van der Waals surface area contributed by atoms with Crippen LogP contribution in [0.15, 0.2) is 18.7 Å². The van der Waals surface area contributed by atoms with Crippen molar-refractivity contribution in [2.24, 2.45) is 0 Å². The molecule has 0 saturated heterocycles. The minimum Gasteiger partial charge on any atom is -0.382 e. The van der Waals surface area contributed by atoms with Crippen LogP contribution in [0.1, 0.15) is 46.5 Å². The van der Waals surface area contributed by atoms with Crippen molar-refractivity contribution in [1.29, 1.82) is 0 Å². The van der Waals surface area contributed by atoms with Crippen LogP contribution in [0.5, 0.6) is 0 Å². The SMILES string of the molecule is CCCCCCOCC.CCn1ccnc1. The molecule has 0 bridgehead atoms. The molecular formula is C13H26N2O. The molecule has 0 atom stereocenters. The van der Waals surface area contributed by atoms with Gasteiger partial charge in [0.15, 0.2) is 0 Å². The lowest BCUT2D eigenvalue weighted by Crippen LogP contribution is -1.92. The van der Waals surface area contributed by atoms with Crippen molar-refractivity contribution >= 4 is 0 Å². The third-order valence-electron chi connectivity index (χ3n) is 2.27. The normalized spacial score (nSPS) is 9.69. The first-order valence-corrected chi connectivity index (χ1v) is 6.38. The highest BCUT2D eigenvalue weighted by molar-refractivity contribution is 4.72. The molecule has 3 nitrogen and oxygen atoms in total. The minimum absolute atomic E-state index is 0.867. The Hall–Kier alpha value is -0.830. The van der Waals surface area contributed by atoms with Crippen LogP contribution >= 0.6 is 0 Å². The van der Waals surface area contributed by atoms with E-state index in [1.54, 1.807) is 12.5 Å². The van der Waals surface area contributed by atoms with Crippen LogP contribution in [0, 0.1) is 0 Å². The van der Waals surface area contributed by atoms with E-state index in [2.05, 4.69) is 18.8 Å². The molecule has 0 aliphatic heterocycles. The summed E-state index contributed by atoms with van der Waals surface area (Å²) in [5, 5.41) is 0. The van der Waals surface area contributed by atoms with E-state index in [0.29, 0.717) is 0 Å². The highest BCUT2D eigenvalue weighted by Crippen LogP contribution is 1.98. The van der Waals surface area contributed by atoms with Gasteiger partial charge in [0.25, 0.3) is 0 Å². The second kappa shape index (κ2) is 12.2. The van der Waals surface area contributed by atoms with Crippen molar-refractivity contribution < 1.29 is 4.74 Å². The summed E-state index contributed by atoms with van der Waals surface area (Å²) in [4.78, 5) is 3.86. The molecule has 0 saturated carbocycles. The topological polar surface area (TPSA) is 27.1 Å². The Labute approximate surface area is 99.8 Å². The summed E-state index contributed by atoms with van der Waals surface area (Å²) in [6, 6.07) is 0. The maximum Gasteiger partial charge on any atom is 0.0945 e. The molecular weight excluding hydrogens is 200 g/mol. The van der Waals surface area contributed by atoms with Crippen LogP contribution in [0.4, 0.5) is 0 Å². The third kappa shape index (κ3) is 9.71. The van der Waals surface area contributed by atoms with E-state index in [9.17, 15) is 0 Å². The molecule has 0 aliphatic rings. The van der Waals surface area contributed by atoms with Crippen LogP contribution in [0.25, 0.3) is 0 Å². The molecule has 0 spiro atoms. The van der Waals surface area contributed by atoms with E-state index in [4.69, 9.17) is 4.74 Å². The van der Waals surface area contributed by atoms with Crippen LogP contribution in [-0.4, -0.2) is 22.8 Å². The van der Waals surface area contributed by atoms with Gasteiger partial charge in [0.2, 0.25) is 0 Å². The molecule has 0 amide bonds. The Bertz CT molecular complexity index is 204. The lowest BCUT2D eigenvalue weighted by Gasteiger charge is -1.98. The zero-order valence-corrected chi connectivity index (χ0v) is 11.0. The Balaban J connectivity index is 0.000000288. The molecule has 1 rings (SSSR count). The standard InChI is InChI=1S/C8H18O.C5H8N2/c1-3-5-6-7-8-9-4-2;1-2-7-4-3-6-5-7/h3-8H2,1-2H3;3-5H,2H2,1H3. The first kappa shape index (κ1) is 15.2. The van der Waals surface area contributed by atoms with Gasteiger partial charge < -0.3 is 9.30 Å². The van der Waals surface area contributed by atoms with Crippen LogP contribution in [-0.2, 0) is 11.3 Å². The average Bonchev–Trinajstić information content (AvgIpc) is 2.83. The molecule has 94 valence electrons. The molecule has 0 radical (unpaired) electrons. The van der Waals surface area contributed by atoms with Gasteiger partial charge in [-0.2, -0.15) is 0 Å². The summed E-state index contributed by atoms with van der Waals surface area (Å²) in [5.41, 5.74) is 0. The zero-order chi connectivity index (χ0) is 12.1. The summed E-state index contributed by atoms with van der Waals surface area (Å²) in [7, 11) is 0. The summed E-state index contributed by atoms with van der Waals surface area (Å²) in [6.45, 7) is 9.19. The molecule has 0 aliphatic carbocycles. The molecule has 3 heteroatoms. The fourth-order valence-corrected chi connectivity index (χ4v) is 1.25. The maximum absolute atomic E-state index is 5.18. The van der Waals surface area contributed by atoms with Gasteiger partial charge in [-0.25, -0.2) is 4.98 Å². The van der Waals surface area contributed by atoms with Crippen LogP contribution in [0.3, 0.4) is 0 Å². The van der Waals surface area contributed by atoms with Gasteiger partial charge in [-0.3, -0.25) is 0 Å². The van der Waals surface area contributed by atoms with Gasteiger partial charge in [-0.1, -0.05) is 26.2 Å². The number of hydrogen-bond donors (Lipinski definition) is 0. The Morgan fingerprint density at radius 3 is 2.38 bits per heavy atom. The molecule has 0 fully saturated rings. The van der Waals surface area contributed by atoms with E-state index >= 15 is 0 Å². The molecule has 0 N–H and O–H groups in total. The molecule has 1 aromatic heterocycles. The molecule has 16 heavy (non-hydrogen) atoms. The van der Waals surface area contributed by atoms with Crippen molar-refractivity contribution in [3.8, 4) is 0 Å². The predicted molar refractivity (Wildman–Crippen MR) is 68.5 cm³/mol. The molecule has 1 aromatic rings. The number of hydrogen-bond acceptors (Lipinski definition) is 2. The van der Waals surface area contributed by atoms with E-state index in [1.165, 1.54) is 25.7 Å². The molecule has 0 aromatic carbocycles. The largest absolute Gasteiger partial charge is 0.382 e. The second-order valence-corrected chi connectivity index (χ2v) is 3.65. The number of unbranched alkanes of at least 4 members (excludes halogenated alkanes) is 3. The second-order valence-electron chi connectivity index (χ2n) is 3.65. The van der Waals surface area contributed by atoms with E-state index in [0.717, 1.165) is 19.8 Å².